The number of nitrogens with one attached hydrogen (secondary N) is 1. The van der Waals surface area contributed by atoms with Crippen molar-refractivity contribution in [3.8, 4) is 0 Å². The standard InChI is InChI=1S/C22H26N6O8S4/c1-5-34-21(32)36-12(3)35-19(31)22(9-39-20-24-11(2)27-40-20)7-28-17(30)15(18(28)38-8-22)25-16(29)14(26-33-4)13-6-37-10-23-13/h6,10,12,15,18H,5,7-9H2,1-4H3,(H,25,29)/t12?,15?,18-,22?/m1/s1. The number of amides is 2. The van der Waals surface area contributed by atoms with Crippen LogP contribution in [0.25, 0.3) is 0 Å². The summed E-state index contributed by atoms with van der Waals surface area (Å²) in [7, 11) is 1.31. The van der Waals surface area contributed by atoms with E-state index in [2.05, 4.69) is 24.8 Å². The highest BCUT2D eigenvalue weighted by atomic mass is 32.2. The average Bonchev–Trinajstić information content (AvgIpc) is 3.60. The molecule has 2 aliphatic rings. The number of fused-ring (bicyclic) bond motifs is 1. The van der Waals surface area contributed by atoms with Gasteiger partial charge in [-0.2, -0.15) is 4.37 Å². The molecule has 0 spiro atoms. The summed E-state index contributed by atoms with van der Waals surface area (Å²) in [4.78, 5) is 66.0. The first-order valence-electron chi connectivity index (χ1n) is 11.9. The second kappa shape index (κ2) is 13.1. The Hall–Kier alpha value is -2.96. The molecule has 40 heavy (non-hydrogen) atoms. The van der Waals surface area contributed by atoms with Gasteiger partial charge in [0.05, 0.1) is 12.1 Å². The number of thioether (sulfide) groups is 2. The van der Waals surface area contributed by atoms with Gasteiger partial charge in [-0.25, -0.2) is 14.8 Å². The number of rotatable bonds is 11. The maximum Gasteiger partial charge on any atom is 0.511 e. The first-order valence-corrected chi connectivity index (χ1v) is 15.6. The van der Waals surface area contributed by atoms with E-state index in [1.807, 2.05) is 0 Å². The zero-order valence-corrected chi connectivity index (χ0v) is 25.1. The number of ether oxygens (including phenoxy) is 3. The van der Waals surface area contributed by atoms with Gasteiger partial charge in [0, 0.05) is 30.4 Å². The molecule has 4 heterocycles. The van der Waals surface area contributed by atoms with Crippen molar-refractivity contribution >= 4 is 76.0 Å². The van der Waals surface area contributed by atoms with Crippen LogP contribution in [0.4, 0.5) is 4.79 Å². The zero-order chi connectivity index (χ0) is 28.9. The minimum atomic E-state index is -1.21. The van der Waals surface area contributed by atoms with Crippen molar-refractivity contribution < 1.29 is 38.2 Å². The lowest BCUT2D eigenvalue weighted by Gasteiger charge is -2.54. The number of aromatic nitrogens is 3. The summed E-state index contributed by atoms with van der Waals surface area (Å²) in [6, 6.07) is -0.822. The topological polar surface area (TPSA) is 172 Å². The van der Waals surface area contributed by atoms with Crippen LogP contribution in [0, 0.1) is 12.3 Å². The second-order valence-corrected chi connectivity index (χ2v) is 12.4. The lowest BCUT2D eigenvalue weighted by Crippen LogP contribution is -2.74. The molecular weight excluding hydrogens is 605 g/mol. The molecule has 4 atom stereocenters. The van der Waals surface area contributed by atoms with Crippen molar-refractivity contribution in [1.29, 1.82) is 0 Å². The van der Waals surface area contributed by atoms with Crippen molar-refractivity contribution in [3.05, 3.63) is 22.4 Å². The monoisotopic (exact) mass is 630 g/mol. The van der Waals surface area contributed by atoms with E-state index in [1.54, 1.807) is 24.7 Å². The molecule has 3 unspecified atom stereocenters. The molecule has 14 nitrogen and oxygen atoms in total. The molecule has 216 valence electrons. The van der Waals surface area contributed by atoms with Crippen LogP contribution in [0.1, 0.15) is 25.4 Å². The van der Waals surface area contributed by atoms with Gasteiger partial charge in [0.15, 0.2) is 10.1 Å². The van der Waals surface area contributed by atoms with E-state index in [4.69, 9.17) is 19.0 Å². The number of aryl methyl sites for hydroxylation is 1. The fraction of sp³-hybridized carbons (Fsp3) is 0.545. The summed E-state index contributed by atoms with van der Waals surface area (Å²) < 4.78 is 20.0. The Morgan fingerprint density at radius 2 is 2.15 bits per heavy atom. The predicted octanol–water partition coefficient (Wildman–Crippen LogP) is 1.89. The molecule has 0 bridgehead atoms. The minimum absolute atomic E-state index is 0.0384. The Bertz CT molecular complexity index is 1270. The predicted molar refractivity (Wildman–Crippen MR) is 147 cm³/mol. The van der Waals surface area contributed by atoms with Gasteiger partial charge in [-0.05, 0) is 25.4 Å². The molecule has 2 amide bonds. The molecule has 0 aliphatic carbocycles. The van der Waals surface area contributed by atoms with Crippen molar-refractivity contribution in [2.75, 3.05) is 31.8 Å². The second-order valence-electron chi connectivity index (χ2n) is 8.57. The molecule has 2 aliphatic heterocycles. The van der Waals surface area contributed by atoms with Crippen molar-refractivity contribution in [2.45, 2.75) is 42.8 Å². The minimum Gasteiger partial charge on any atom is -0.435 e. The maximum absolute atomic E-state index is 13.5. The van der Waals surface area contributed by atoms with Crippen molar-refractivity contribution in [2.24, 2.45) is 10.6 Å². The molecule has 0 saturated carbocycles. The number of esters is 1. The van der Waals surface area contributed by atoms with Crippen molar-refractivity contribution in [3.63, 3.8) is 0 Å². The van der Waals surface area contributed by atoms with Gasteiger partial charge < -0.3 is 29.3 Å². The fourth-order valence-electron chi connectivity index (χ4n) is 3.86. The van der Waals surface area contributed by atoms with E-state index in [0.717, 1.165) is 0 Å². The lowest BCUT2D eigenvalue weighted by molar-refractivity contribution is -0.180. The number of β-lactam (4-membered cyclic amide) rings is 1. The van der Waals surface area contributed by atoms with E-state index in [0.29, 0.717) is 15.9 Å². The van der Waals surface area contributed by atoms with Gasteiger partial charge in [-0.1, -0.05) is 16.9 Å². The Balaban J connectivity index is 1.46. The van der Waals surface area contributed by atoms with Crippen LogP contribution >= 0.6 is 46.4 Å². The maximum atomic E-state index is 13.5. The highest BCUT2D eigenvalue weighted by Crippen LogP contribution is 2.45. The normalized spacial score (nSPS) is 22.9. The summed E-state index contributed by atoms with van der Waals surface area (Å²) in [5.41, 5.74) is 0.688. The van der Waals surface area contributed by atoms with Gasteiger partial charge in [-0.15, -0.1) is 23.1 Å². The number of hydrogen-bond donors (Lipinski definition) is 1. The van der Waals surface area contributed by atoms with Crippen LogP contribution < -0.4 is 5.32 Å². The van der Waals surface area contributed by atoms with Gasteiger partial charge in [0.2, 0.25) is 12.2 Å². The molecule has 2 aromatic rings. The molecule has 0 radical (unpaired) electrons. The quantitative estimate of drug-likeness (QED) is 0.0954. The Morgan fingerprint density at radius 1 is 1.35 bits per heavy atom. The van der Waals surface area contributed by atoms with Crippen molar-refractivity contribution in [1.82, 2.24) is 24.6 Å². The van der Waals surface area contributed by atoms with E-state index >= 15 is 0 Å². The third-order valence-electron chi connectivity index (χ3n) is 5.72. The van der Waals surface area contributed by atoms with Gasteiger partial charge >= 0.3 is 12.1 Å². The molecule has 2 fully saturated rings. The van der Waals surface area contributed by atoms with Crippen LogP contribution in [-0.4, -0.2) is 98.4 Å². The number of oxime groups is 1. The van der Waals surface area contributed by atoms with Gasteiger partial charge in [0.25, 0.3) is 5.91 Å². The van der Waals surface area contributed by atoms with Gasteiger partial charge in [0.1, 0.15) is 35.5 Å². The summed E-state index contributed by atoms with van der Waals surface area (Å²) in [6.45, 7) is 4.95. The third-order valence-corrected chi connectivity index (χ3v) is 10.1. The molecule has 2 saturated heterocycles. The molecule has 1 N–H and O–H groups in total. The highest BCUT2D eigenvalue weighted by Gasteiger charge is 2.58. The first kappa shape index (κ1) is 30.0. The number of carbonyl (C=O) groups is 4. The summed E-state index contributed by atoms with van der Waals surface area (Å²) >= 11 is 5.17. The fourth-order valence-corrected chi connectivity index (χ4v) is 7.89. The lowest BCUT2D eigenvalue weighted by atomic mass is 9.89. The van der Waals surface area contributed by atoms with Crippen LogP contribution in [-0.2, 0) is 33.4 Å². The molecule has 2 aromatic heterocycles. The number of thiazole rings is 1. The molecule has 0 aromatic carbocycles. The Labute approximate surface area is 245 Å². The number of hydrogen-bond acceptors (Lipinski definition) is 16. The van der Waals surface area contributed by atoms with Crippen LogP contribution in [0.5, 0.6) is 0 Å². The Kier molecular flexibility index (Phi) is 9.85. The SMILES string of the molecule is CCOC(=O)OC(C)OC(=O)C1(CSc2nc(C)ns2)CS[C@@H]2C(NC(=O)C(=NOC)c3cscn3)C(=O)N2C1. The molecular formula is C22H26N6O8S4. The van der Waals surface area contributed by atoms with E-state index in [-0.39, 0.29) is 36.3 Å². The third kappa shape index (κ3) is 6.67. The molecule has 18 heteroatoms. The van der Waals surface area contributed by atoms with Crippen LogP contribution in [0.2, 0.25) is 0 Å². The number of nitrogens with zero attached hydrogens (tertiary/aromatic N) is 5. The van der Waals surface area contributed by atoms with Crippen LogP contribution in [0.3, 0.4) is 0 Å². The highest BCUT2D eigenvalue weighted by molar-refractivity contribution is 8.01. The van der Waals surface area contributed by atoms with Crippen LogP contribution in [0.15, 0.2) is 20.4 Å². The smallest absolute Gasteiger partial charge is 0.435 e. The number of carbonyl (C=O) groups excluding carboxylic acids is 4. The summed E-state index contributed by atoms with van der Waals surface area (Å²) in [5, 5.41) is 7.72. The van der Waals surface area contributed by atoms with E-state index in [9.17, 15) is 19.2 Å². The zero-order valence-electron chi connectivity index (χ0n) is 21.9. The first-order chi connectivity index (χ1) is 19.2. The van der Waals surface area contributed by atoms with Gasteiger partial charge in [-0.3, -0.25) is 14.4 Å². The van der Waals surface area contributed by atoms with E-state index < -0.39 is 41.2 Å². The summed E-state index contributed by atoms with van der Waals surface area (Å²) in [5.74, 6) is -0.470. The average molecular weight is 631 g/mol. The Morgan fingerprint density at radius 3 is 2.80 bits per heavy atom. The molecule has 4 rings (SSSR count). The largest absolute Gasteiger partial charge is 0.511 e. The summed E-state index contributed by atoms with van der Waals surface area (Å²) in [6.07, 6.45) is -2.16. The van der Waals surface area contributed by atoms with E-state index in [1.165, 1.54) is 65.3 Å².